The minimum absolute atomic E-state index is 0.0245. The molecule has 0 aromatic heterocycles. The van der Waals surface area contributed by atoms with E-state index in [0.29, 0.717) is 13.0 Å². The Kier molecular flexibility index (Phi) is 6.80. The Morgan fingerprint density at radius 1 is 1.04 bits per heavy atom. The molecule has 2 N–H and O–H groups in total. The Morgan fingerprint density at radius 3 is 2.43 bits per heavy atom. The Labute approximate surface area is 165 Å². The van der Waals surface area contributed by atoms with Crippen molar-refractivity contribution in [3.05, 3.63) is 65.5 Å². The minimum atomic E-state index is -3.51. The Morgan fingerprint density at radius 2 is 1.75 bits per heavy atom. The van der Waals surface area contributed by atoms with E-state index < -0.39 is 15.8 Å². The van der Waals surface area contributed by atoms with Crippen molar-refractivity contribution in [1.29, 1.82) is 0 Å². The van der Waals surface area contributed by atoms with Crippen LogP contribution in [-0.2, 0) is 16.4 Å². The van der Waals surface area contributed by atoms with E-state index in [1.807, 2.05) is 0 Å². The van der Waals surface area contributed by atoms with Crippen LogP contribution in [0, 0.1) is 5.82 Å². The molecule has 1 amide bonds. The summed E-state index contributed by atoms with van der Waals surface area (Å²) in [5, 5.41) is 2.74. The maximum atomic E-state index is 13.2. The SMILES string of the molecule is O=C(NCCc1ccc(S(=O)(=O)NC2CCCCC2)cc1)c1cccc(F)c1. The van der Waals surface area contributed by atoms with Crippen molar-refractivity contribution in [1.82, 2.24) is 10.0 Å². The standard InChI is InChI=1S/C21H25FN2O3S/c22-18-6-4-5-17(15-18)21(25)23-14-13-16-9-11-20(12-10-16)28(26,27)24-19-7-2-1-3-8-19/h4-6,9-12,15,19,24H,1-3,7-8,13-14H2,(H,23,25). The predicted molar refractivity (Wildman–Crippen MR) is 106 cm³/mol. The van der Waals surface area contributed by atoms with Crippen molar-refractivity contribution < 1.29 is 17.6 Å². The quantitative estimate of drug-likeness (QED) is 0.743. The van der Waals surface area contributed by atoms with Crippen molar-refractivity contribution in [2.75, 3.05) is 6.54 Å². The summed E-state index contributed by atoms with van der Waals surface area (Å²) in [4.78, 5) is 12.3. The molecule has 28 heavy (non-hydrogen) atoms. The van der Waals surface area contributed by atoms with E-state index in [-0.39, 0.29) is 22.4 Å². The number of halogens is 1. The van der Waals surface area contributed by atoms with E-state index in [2.05, 4.69) is 10.0 Å². The van der Waals surface area contributed by atoms with E-state index in [9.17, 15) is 17.6 Å². The van der Waals surface area contributed by atoms with Gasteiger partial charge in [0, 0.05) is 18.2 Å². The third kappa shape index (κ3) is 5.62. The molecule has 3 rings (SSSR count). The molecule has 1 saturated carbocycles. The van der Waals surface area contributed by atoms with Gasteiger partial charge in [-0.05, 0) is 55.2 Å². The first-order chi connectivity index (χ1) is 13.4. The molecule has 0 atom stereocenters. The second kappa shape index (κ2) is 9.30. The molecular formula is C21H25FN2O3S. The third-order valence-electron chi connectivity index (χ3n) is 4.95. The largest absolute Gasteiger partial charge is 0.352 e. The molecule has 0 aliphatic heterocycles. The highest BCUT2D eigenvalue weighted by atomic mass is 32.2. The van der Waals surface area contributed by atoms with Crippen LogP contribution in [0.25, 0.3) is 0 Å². The van der Waals surface area contributed by atoms with E-state index in [1.54, 1.807) is 30.3 Å². The third-order valence-corrected chi connectivity index (χ3v) is 6.48. The second-order valence-electron chi connectivity index (χ2n) is 7.12. The van der Waals surface area contributed by atoms with Gasteiger partial charge in [-0.15, -0.1) is 0 Å². The van der Waals surface area contributed by atoms with Crippen LogP contribution in [0.5, 0.6) is 0 Å². The topological polar surface area (TPSA) is 75.3 Å². The molecule has 0 radical (unpaired) electrons. The minimum Gasteiger partial charge on any atom is -0.352 e. The molecule has 1 fully saturated rings. The number of rotatable bonds is 7. The van der Waals surface area contributed by atoms with E-state index in [0.717, 1.165) is 31.2 Å². The predicted octanol–water partition coefficient (Wildman–Crippen LogP) is 3.41. The highest BCUT2D eigenvalue weighted by Crippen LogP contribution is 2.20. The molecule has 0 heterocycles. The summed E-state index contributed by atoms with van der Waals surface area (Å²) in [6.45, 7) is 0.377. The molecule has 5 nitrogen and oxygen atoms in total. The fourth-order valence-electron chi connectivity index (χ4n) is 3.40. The van der Waals surface area contributed by atoms with Crippen LogP contribution in [0.15, 0.2) is 53.4 Å². The number of nitrogens with one attached hydrogen (secondary N) is 2. The van der Waals surface area contributed by atoms with Crippen LogP contribution in [0.4, 0.5) is 4.39 Å². The molecule has 1 aliphatic rings. The highest BCUT2D eigenvalue weighted by Gasteiger charge is 2.21. The number of carbonyl (C=O) groups is 1. The van der Waals surface area contributed by atoms with Gasteiger partial charge < -0.3 is 5.32 Å². The molecule has 0 unspecified atom stereocenters. The van der Waals surface area contributed by atoms with Crippen LogP contribution in [0.3, 0.4) is 0 Å². The molecule has 1 aliphatic carbocycles. The van der Waals surface area contributed by atoms with E-state index in [4.69, 9.17) is 0 Å². The lowest BCUT2D eigenvalue weighted by molar-refractivity contribution is 0.0953. The van der Waals surface area contributed by atoms with E-state index in [1.165, 1.54) is 24.6 Å². The first-order valence-electron chi connectivity index (χ1n) is 9.59. The maximum Gasteiger partial charge on any atom is 0.251 e. The summed E-state index contributed by atoms with van der Waals surface area (Å²) < 4.78 is 41.0. The Hall–Kier alpha value is -2.25. The van der Waals surface area contributed by atoms with Gasteiger partial charge in [0.25, 0.3) is 5.91 Å². The number of amides is 1. The summed E-state index contributed by atoms with van der Waals surface area (Å²) in [5.74, 6) is -0.790. The molecule has 2 aromatic carbocycles. The number of sulfonamides is 1. The first-order valence-corrected chi connectivity index (χ1v) is 11.1. The lowest BCUT2D eigenvalue weighted by Gasteiger charge is -2.22. The van der Waals surface area contributed by atoms with Gasteiger partial charge in [0.1, 0.15) is 5.82 Å². The summed E-state index contributed by atoms with van der Waals surface area (Å²) in [7, 11) is -3.51. The lowest BCUT2D eigenvalue weighted by Crippen LogP contribution is -2.36. The lowest BCUT2D eigenvalue weighted by atomic mass is 9.96. The van der Waals surface area contributed by atoms with Gasteiger partial charge in [-0.3, -0.25) is 4.79 Å². The summed E-state index contributed by atoms with van der Waals surface area (Å²) in [6, 6.07) is 12.2. The zero-order chi connectivity index (χ0) is 20.0. The zero-order valence-electron chi connectivity index (χ0n) is 15.7. The fourth-order valence-corrected chi connectivity index (χ4v) is 4.70. The first kappa shape index (κ1) is 20.5. The van der Waals surface area contributed by atoms with Gasteiger partial charge >= 0.3 is 0 Å². The smallest absolute Gasteiger partial charge is 0.251 e. The zero-order valence-corrected chi connectivity index (χ0v) is 16.5. The van der Waals surface area contributed by atoms with Gasteiger partial charge in [0.05, 0.1) is 4.90 Å². The van der Waals surface area contributed by atoms with Crippen LogP contribution < -0.4 is 10.0 Å². The van der Waals surface area contributed by atoms with Crippen molar-refractivity contribution in [3.8, 4) is 0 Å². The van der Waals surface area contributed by atoms with Gasteiger partial charge in [0.15, 0.2) is 0 Å². The fraction of sp³-hybridized carbons (Fsp3) is 0.381. The van der Waals surface area contributed by atoms with Gasteiger partial charge in [0.2, 0.25) is 10.0 Å². The molecule has 0 bridgehead atoms. The van der Waals surface area contributed by atoms with Crippen LogP contribution >= 0.6 is 0 Å². The molecule has 2 aromatic rings. The average Bonchev–Trinajstić information content (AvgIpc) is 2.69. The maximum absolute atomic E-state index is 13.2. The van der Waals surface area contributed by atoms with Gasteiger partial charge in [-0.25, -0.2) is 17.5 Å². The van der Waals surface area contributed by atoms with Gasteiger partial charge in [-0.2, -0.15) is 0 Å². The number of hydrogen-bond acceptors (Lipinski definition) is 3. The molecule has 7 heteroatoms. The Bertz CT molecular complexity index is 908. The van der Waals surface area contributed by atoms with Crippen molar-refractivity contribution in [2.24, 2.45) is 0 Å². The normalized spacial score (nSPS) is 15.3. The van der Waals surface area contributed by atoms with Crippen molar-refractivity contribution >= 4 is 15.9 Å². The highest BCUT2D eigenvalue weighted by molar-refractivity contribution is 7.89. The molecule has 150 valence electrons. The summed E-state index contributed by atoms with van der Waals surface area (Å²) in [5.41, 5.74) is 1.19. The van der Waals surface area contributed by atoms with Crippen LogP contribution in [-0.4, -0.2) is 26.9 Å². The van der Waals surface area contributed by atoms with Gasteiger partial charge in [-0.1, -0.05) is 37.5 Å². The number of hydrogen-bond donors (Lipinski definition) is 2. The number of carbonyl (C=O) groups excluding carboxylic acids is 1. The Balaban J connectivity index is 1.52. The second-order valence-corrected chi connectivity index (χ2v) is 8.83. The summed E-state index contributed by atoms with van der Waals surface area (Å²) >= 11 is 0. The van der Waals surface area contributed by atoms with Crippen LogP contribution in [0.1, 0.15) is 48.0 Å². The van der Waals surface area contributed by atoms with Crippen molar-refractivity contribution in [2.45, 2.75) is 49.5 Å². The average molecular weight is 405 g/mol. The van der Waals surface area contributed by atoms with Crippen LogP contribution in [0.2, 0.25) is 0 Å². The molecule has 0 saturated heterocycles. The van der Waals surface area contributed by atoms with Crippen molar-refractivity contribution in [3.63, 3.8) is 0 Å². The monoisotopic (exact) mass is 404 g/mol. The molecular weight excluding hydrogens is 379 g/mol. The summed E-state index contributed by atoms with van der Waals surface area (Å²) in [6.07, 6.45) is 5.63. The molecule has 0 spiro atoms. The van der Waals surface area contributed by atoms with E-state index >= 15 is 0 Å². The number of benzene rings is 2.